The fourth-order valence-electron chi connectivity index (χ4n) is 3.65. The molecule has 1 saturated carbocycles. The SMILES string of the molecule is CC1CCCCC1(O)C(CCN(C)C)c1ccccc1. The number of benzene rings is 1. The fraction of sp³-hybridized carbons (Fsp3) is 0.667. The second-order valence-electron chi connectivity index (χ2n) is 6.69. The first-order valence-electron chi connectivity index (χ1n) is 7.96. The molecule has 0 radical (unpaired) electrons. The van der Waals surface area contributed by atoms with Gasteiger partial charge in [0, 0.05) is 5.92 Å². The first-order chi connectivity index (χ1) is 9.54. The third-order valence-corrected chi connectivity index (χ3v) is 4.99. The molecule has 3 unspecified atom stereocenters. The summed E-state index contributed by atoms with van der Waals surface area (Å²) in [6.45, 7) is 3.25. The van der Waals surface area contributed by atoms with Crippen molar-refractivity contribution in [3.8, 4) is 0 Å². The van der Waals surface area contributed by atoms with Gasteiger partial charge in [0.25, 0.3) is 0 Å². The van der Waals surface area contributed by atoms with Crippen LogP contribution < -0.4 is 0 Å². The molecule has 2 nitrogen and oxygen atoms in total. The molecule has 3 atom stereocenters. The third-order valence-electron chi connectivity index (χ3n) is 4.99. The van der Waals surface area contributed by atoms with E-state index in [0.29, 0.717) is 5.92 Å². The Morgan fingerprint density at radius 3 is 2.55 bits per heavy atom. The Morgan fingerprint density at radius 1 is 1.25 bits per heavy atom. The van der Waals surface area contributed by atoms with Gasteiger partial charge in [0.1, 0.15) is 0 Å². The summed E-state index contributed by atoms with van der Waals surface area (Å²) in [5.41, 5.74) is 0.765. The largest absolute Gasteiger partial charge is 0.389 e. The zero-order valence-corrected chi connectivity index (χ0v) is 13.2. The average molecular weight is 275 g/mol. The Kier molecular flexibility index (Phi) is 5.22. The Balaban J connectivity index is 2.25. The molecule has 1 aromatic carbocycles. The summed E-state index contributed by atoms with van der Waals surface area (Å²) in [5, 5.41) is 11.3. The van der Waals surface area contributed by atoms with Crippen LogP contribution in [0.4, 0.5) is 0 Å². The maximum atomic E-state index is 11.3. The minimum absolute atomic E-state index is 0.251. The Morgan fingerprint density at radius 2 is 1.95 bits per heavy atom. The molecule has 0 amide bonds. The molecule has 1 N–H and O–H groups in total. The Labute approximate surface area is 123 Å². The summed E-state index contributed by atoms with van der Waals surface area (Å²) in [4.78, 5) is 2.22. The van der Waals surface area contributed by atoms with Gasteiger partial charge in [-0.05, 0) is 51.4 Å². The van der Waals surface area contributed by atoms with Gasteiger partial charge >= 0.3 is 0 Å². The fourth-order valence-corrected chi connectivity index (χ4v) is 3.65. The summed E-state index contributed by atoms with van der Waals surface area (Å²) >= 11 is 0. The highest BCUT2D eigenvalue weighted by molar-refractivity contribution is 5.24. The first kappa shape index (κ1) is 15.5. The van der Waals surface area contributed by atoms with Gasteiger partial charge < -0.3 is 10.0 Å². The number of aliphatic hydroxyl groups is 1. The van der Waals surface area contributed by atoms with E-state index in [-0.39, 0.29) is 5.92 Å². The summed E-state index contributed by atoms with van der Waals surface area (Å²) < 4.78 is 0. The van der Waals surface area contributed by atoms with Crippen molar-refractivity contribution < 1.29 is 5.11 Å². The quantitative estimate of drug-likeness (QED) is 0.886. The van der Waals surface area contributed by atoms with Crippen molar-refractivity contribution in [1.82, 2.24) is 4.90 Å². The molecule has 2 rings (SSSR count). The van der Waals surface area contributed by atoms with Crippen LogP contribution in [0.3, 0.4) is 0 Å². The maximum Gasteiger partial charge on any atom is 0.0741 e. The van der Waals surface area contributed by atoms with Gasteiger partial charge in [0.05, 0.1) is 5.60 Å². The van der Waals surface area contributed by atoms with Crippen LogP contribution in [0.2, 0.25) is 0 Å². The topological polar surface area (TPSA) is 23.5 Å². The minimum Gasteiger partial charge on any atom is -0.389 e. The summed E-state index contributed by atoms with van der Waals surface area (Å²) in [5.74, 6) is 0.644. The molecule has 0 aromatic heterocycles. The van der Waals surface area contributed by atoms with E-state index in [4.69, 9.17) is 0 Å². The second-order valence-corrected chi connectivity index (χ2v) is 6.69. The van der Waals surface area contributed by atoms with E-state index in [0.717, 1.165) is 32.2 Å². The van der Waals surface area contributed by atoms with Crippen LogP contribution in [0.15, 0.2) is 30.3 Å². The van der Waals surface area contributed by atoms with Gasteiger partial charge in [-0.1, -0.05) is 50.1 Å². The number of hydrogen-bond donors (Lipinski definition) is 1. The van der Waals surface area contributed by atoms with E-state index in [1.807, 2.05) is 0 Å². The molecule has 0 saturated heterocycles. The van der Waals surface area contributed by atoms with E-state index >= 15 is 0 Å². The van der Waals surface area contributed by atoms with Crippen LogP contribution in [0.1, 0.15) is 50.5 Å². The van der Waals surface area contributed by atoms with E-state index < -0.39 is 5.60 Å². The lowest BCUT2D eigenvalue weighted by atomic mass is 9.66. The van der Waals surface area contributed by atoms with Crippen molar-refractivity contribution in [3.05, 3.63) is 35.9 Å². The smallest absolute Gasteiger partial charge is 0.0741 e. The van der Waals surface area contributed by atoms with E-state index in [1.54, 1.807) is 0 Å². The predicted molar refractivity (Wildman–Crippen MR) is 84.9 cm³/mol. The summed E-state index contributed by atoms with van der Waals surface area (Å²) in [7, 11) is 4.22. The molecule has 1 aromatic rings. The van der Waals surface area contributed by atoms with Crippen molar-refractivity contribution in [3.63, 3.8) is 0 Å². The maximum absolute atomic E-state index is 11.3. The molecule has 0 heterocycles. The van der Waals surface area contributed by atoms with Crippen molar-refractivity contribution in [2.24, 2.45) is 5.92 Å². The number of nitrogens with zero attached hydrogens (tertiary/aromatic N) is 1. The molecule has 0 aliphatic heterocycles. The molecule has 20 heavy (non-hydrogen) atoms. The van der Waals surface area contributed by atoms with Crippen LogP contribution in [0.25, 0.3) is 0 Å². The predicted octanol–water partition coefficient (Wildman–Crippen LogP) is 3.66. The monoisotopic (exact) mass is 275 g/mol. The Hall–Kier alpha value is -0.860. The highest BCUT2D eigenvalue weighted by Gasteiger charge is 2.43. The second kappa shape index (κ2) is 6.73. The van der Waals surface area contributed by atoms with E-state index in [2.05, 4.69) is 56.3 Å². The highest BCUT2D eigenvalue weighted by Crippen LogP contribution is 2.45. The number of hydrogen-bond acceptors (Lipinski definition) is 2. The lowest BCUT2D eigenvalue weighted by Gasteiger charge is -2.44. The van der Waals surface area contributed by atoms with Crippen LogP contribution in [-0.2, 0) is 0 Å². The van der Waals surface area contributed by atoms with Gasteiger partial charge in [-0.15, -0.1) is 0 Å². The highest BCUT2D eigenvalue weighted by atomic mass is 16.3. The van der Waals surface area contributed by atoms with Crippen LogP contribution in [-0.4, -0.2) is 36.2 Å². The molecule has 112 valence electrons. The number of rotatable bonds is 5. The Bertz CT molecular complexity index is 403. The van der Waals surface area contributed by atoms with Crippen molar-refractivity contribution >= 4 is 0 Å². The summed E-state index contributed by atoms with van der Waals surface area (Å²) in [6, 6.07) is 10.6. The molecule has 1 aliphatic carbocycles. The van der Waals surface area contributed by atoms with Gasteiger partial charge in [-0.2, -0.15) is 0 Å². The molecule has 2 heteroatoms. The van der Waals surface area contributed by atoms with Crippen LogP contribution in [0.5, 0.6) is 0 Å². The standard InChI is InChI=1S/C18H29NO/c1-15-9-7-8-13-18(15,20)17(12-14-19(2)3)16-10-5-4-6-11-16/h4-6,10-11,15,17,20H,7-9,12-14H2,1-3H3. The molecule has 1 fully saturated rings. The lowest BCUT2D eigenvalue weighted by Crippen LogP contribution is -2.45. The first-order valence-corrected chi connectivity index (χ1v) is 7.96. The third kappa shape index (κ3) is 3.42. The van der Waals surface area contributed by atoms with E-state index in [9.17, 15) is 5.11 Å². The van der Waals surface area contributed by atoms with Gasteiger partial charge in [0.2, 0.25) is 0 Å². The van der Waals surface area contributed by atoms with Gasteiger partial charge in [-0.3, -0.25) is 0 Å². The minimum atomic E-state index is -0.532. The van der Waals surface area contributed by atoms with Crippen LogP contribution in [0, 0.1) is 5.92 Å². The van der Waals surface area contributed by atoms with Crippen molar-refractivity contribution in [1.29, 1.82) is 0 Å². The molecular weight excluding hydrogens is 246 g/mol. The van der Waals surface area contributed by atoms with Crippen molar-refractivity contribution in [2.75, 3.05) is 20.6 Å². The normalized spacial score (nSPS) is 28.6. The zero-order valence-electron chi connectivity index (χ0n) is 13.2. The zero-order chi connectivity index (χ0) is 14.6. The van der Waals surface area contributed by atoms with Gasteiger partial charge in [0.15, 0.2) is 0 Å². The van der Waals surface area contributed by atoms with E-state index in [1.165, 1.54) is 12.0 Å². The molecular formula is C18H29NO. The van der Waals surface area contributed by atoms with Crippen molar-refractivity contribution in [2.45, 2.75) is 50.5 Å². The average Bonchev–Trinajstić information content (AvgIpc) is 2.43. The van der Waals surface area contributed by atoms with Gasteiger partial charge in [-0.25, -0.2) is 0 Å². The lowest BCUT2D eigenvalue weighted by molar-refractivity contribution is -0.0671. The van der Waals surface area contributed by atoms with Crippen LogP contribution >= 0.6 is 0 Å². The molecule has 0 spiro atoms. The summed E-state index contributed by atoms with van der Waals surface area (Å²) in [6.07, 6.45) is 5.55. The molecule has 1 aliphatic rings. The molecule has 0 bridgehead atoms.